The molecule has 0 bridgehead atoms. The number of aromatic nitrogens is 1. The van der Waals surface area contributed by atoms with E-state index in [1.54, 1.807) is 12.3 Å². The normalized spacial score (nSPS) is 11.7. The zero-order valence-electron chi connectivity index (χ0n) is 12.3. The average Bonchev–Trinajstić information content (AvgIpc) is 3.19. The first-order chi connectivity index (χ1) is 11.2. The fourth-order valence-electron chi connectivity index (χ4n) is 3.07. The van der Waals surface area contributed by atoms with Crippen LogP contribution in [0.25, 0.3) is 22.6 Å². The fraction of sp³-hybridized carbons (Fsp3) is 0.111. The molecule has 3 aromatic rings. The predicted octanol–water partition coefficient (Wildman–Crippen LogP) is 4.45. The molecule has 1 aliphatic rings. The Labute approximate surface area is 137 Å². The van der Waals surface area contributed by atoms with E-state index in [-0.39, 0.29) is 0 Å². The topological polar surface area (TPSA) is 59.1 Å². The Morgan fingerprint density at radius 2 is 2.22 bits per heavy atom. The van der Waals surface area contributed by atoms with Gasteiger partial charge in [0.2, 0.25) is 5.88 Å². The average molecular weight is 323 g/mol. The molecule has 0 amide bonds. The maximum atomic E-state index is 9.59. The largest absolute Gasteiger partial charge is 0.480 e. The van der Waals surface area contributed by atoms with Crippen LogP contribution in [0.5, 0.6) is 5.88 Å². The Hall–Kier alpha value is -2.77. The summed E-state index contributed by atoms with van der Waals surface area (Å²) in [5.41, 5.74) is 5.02. The number of nitriles is 1. The zero-order valence-corrected chi connectivity index (χ0v) is 13.0. The van der Waals surface area contributed by atoms with Gasteiger partial charge in [0.05, 0.1) is 19.1 Å². The highest BCUT2D eigenvalue weighted by atomic mass is 35.5. The van der Waals surface area contributed by atoms with Crippen LogP contribution in [0.4, 0.5) is 0 Å². The van der Waals surface area contributed by atoms with Crippen molar-refractivity contribution >= 4 is 11.6 Å². The molecule has 0 atom stereocenters. The molecule has 2 aromatic heterocycles. The first-order valence-corrected chi connectivity index (χ1v) is 7.44. The third-order valence-corrected chi connectivity index (χ3v) is 4.26. The molecule has 0 aliphatic heterocycles. The number of halogens is 1. The lowest BCUT2D eigenvalue weighted by Gasteiger charge is -2.11. The minimum absolute atomic E-state index is 0.306. The number of ether oxygens (including phenoxy) is 1. The van der Waals surface area contributed by atoms with Crippen LogP contribution < -0.4 is 4.74 Å². The van der Waals surface area contributed by atoms with Crippen molar-refractivity contribution in [3.8, 4) is 34.5 Å². The summed E-state index contributed by atoms with van der Waals surface area (Å²) in [5, 5.41) is 10.3. The Morgan fingerprint density at radius 1 is 1.35 bits per heavy atom. The van der Waals surface area contributed by atoms with Gasteiger partial charge in [-0.2, -0.15) is 5.26 Å². The number of furan rings is 1. The Bertz CT molecular complexity index is 956. The minimum Gasteiger partial charge on any atom is -0.480 e. The highest BCUT2D eigenvalue weighted by Crippen LogP contribution is 2.45. The quantitative estimate of drug-likeness (QED) is 0.547. The maximum absolute atomic E-state index is 9.59. The molecule has 2 heterocycles. The number of methoxy groups -OCH3 is 1. The molecule has 1 aromatic carbocycles. The fourth-order valence-corrected chi connectivity index (χ4v) is 3.26. The second kappa shape index (κ2) is 5.15. The minimum atomic E-state index is 0.306. The van der Waals surface area contributed by atoms with Gasteiger partial charge >= 0.3 is 0 Å². The summed E-state index contributed by atoms with van der Waals surface area (Å²) in [4.78, 5) is 4.55. The highest BCUT2D eigenvalue weighted by Gasteiger charge is 2.29. The highest BCUT2D eigenvalue weighted by molar-refractivity contribution is 6.30. The smallest absolute Gasteiger partial charge is 0.232 e. The lowest BCUT2D eigenvalue weighted by molar-refractivity contribution is 0.397. The Balaban J connectivity index is 2.07. The second-order valence-corrected chi connectivity index (χ2v) is 5.70. The Kier molecular flexibility index (Phi) is 3.10. The van der Waals surface area contributed by atoms with E-state index in [9.17, 15) is 5.26 Å². The van der Waals surface area contributed by atoms with E-state index in [0.29, 0.717) is 28.6 Å². The number of rotatable bonds is 2. The van der Waals surface area contributed by atoms with Crippen LogP contribution >= 0.6 is 11.6 Å². The van der Waals surface area contributed by atoms with Gasteiger partial charge in [-0.3, -0.25) is 0 Å². The third-order valence-electron chi connectivity index (χ3n) is 4.03. The summed E-state index contributed by atoms with van der Waals surface area (Å²) in [7, 11) is 1.51. The molecule has 0 unspecified atom stereocenters. The summed E-state index contributed by atoms with van der Waals surface area (Å²) in [6.07, 6.45) is 2.25. The van der Waals surface area contributed by atoms with Gasteiger partial charge in [-0.25, -0.2) is 4.98 Å². The van der Waals surface area contributed by atoms with E-state index in [1.165, 1.54) is 7.11 Å². The van der Waals surface area contributed by atoms with Crippen molar-refractivity contribution in [2.45, 2.75) is 6.42 Å². The molecular formula is C18H11ClN2O2. The molecule has 0 radical (unpaired) electrons. The molecule has 4 nitrogen and oxygen atoms in total. The van der Waals surface area contributed by atoms with Gasteiger partial charge in [0.1, 0.15) is 17.4 Å². The summed E-state index contributed by atoms with van der Waals surface area (Å²) >= 11 is 6.11. The first kappa shape index (κ1) is 13.9. The van der Waals surface area contributed by atoms with Crippen LogP contribution in [-0.4, -0.2) is 12.1 Å². The van der Waals surface area contributed by atoms with E-state index in [2.05, 4.69) is 11.1 Å². The Morgan fingerprint density at radius 3 is 2.91 bits per heavy atom. The molecule has 5 heteroatoms. The van der Waals surface area contributed by atoms with E-state index in [4.69, 9.17) is 20.8 Å². The number of hydrogen-bond donors (Lipinski definition) is 0. The van der Waals surface area contributed by atoms with Crippen molar-refractivity contribution in [2.24, 2.45) is 0 Å². The molecule has 112 valence electrons. The van der Waals surface area contributed by atoms with Gasteiger partial charge in [0, 0.05) is 22.6 Å². The van der Waals surface area contributed by atoms with Crippen molar-refractivity contribution in [3.63, 3.8) is 0 Å². The maximum Gasteiger partial charge on any atom is 0.232 e. The molecule has 0 fully saturated rings. The van der Waals surface area contributed by atoms with Crippen LogP contribution in [0.2, 0.25) is 5.02 Å². The van der Waals surface area contributed by atoms with Crippen LogP contribution in [0.3, 0.4) is 0 Å². The van der Waals surface area contributed by atoms with Gasteiger partial charge < -0.3 is 9.15 Å². The first-order valence-electron chi connectivity index (χ1n) is 7.06. The van der Waals surface area contributed by atoms with Crippen molar-refractivity contribution in [1.29, 1.82) is 5.26 Å². The molecule has 0 saturated carbocycles. The van der Waals surface area contributed by atoms with Crippen molar-refractivity contribution in [1.82, 2.24) is 4.98 Å². The van der Waals surface area contributed by atoms with Gasteiger partial charge in [0.25, 0.3) is 0 Å². The summed E-state index contributed by atoms with van der Waals surface area (Å²) < 4.78 is 10.9. The standard InChI is InChI=1S/C18H11ClN2O2/c1-22-18-14(9-20)16(15-3-2-6-23-15)13-8-10-7-11(19)4-5-12(10)17(13)21-18/h2-7H,8H2,1H3. The number of hydrogen-bond acceptors (Lipinski definition) is 4. The van der Waals surface area contributed by atoms with E-state index >= 15 is 0 Å². The number of fused-ring (bicyclic) bond motifs is 3. The molecule has 0 spiro atoms. The van der Waals surface area contributed by atoms with E-state index in [1.807, 2.05) is 24.3 Å². The van der Waals surface area contributed by atoms with Crippen molar-refractivity contribution in [3.05, 3.63) is 58.3 Å². The molecule has 0 saturated heterocycles. The third kappa shape index (κ3) is 2.01. The summed E-state index contributed by atoms with van der Waals surface area (Å²) in [6, 6.07) is 11.6. The van der Waals surface area contributed by atoms with Crippen LogP contribution in [0, 0.1) is 11.3 Å². The monoisotopic (exact) mass is 322 g/mol. The van der Waals surface area contributed by atoms with Crippen LogP contribution in [0.15, 0.2) is 41.0 Å². The molecule has 1 aliphatic carbocycles. The SMILES string of the molecule is COc1nc2c(c(-c3ccco3)c1C#N)Cc1cc(Cl)ccc1-2. The lowest BCUT2D eigenvalue weighted by atomic mass is 9.99. The number of nitrogens with zero attached hydrogens (tertiary/aromatic N) is 2. The van der Waals surface area contributed by atoms with Gasteiger partial charge in [-0.05, 0) is 35.4 Å². The van der Waals surface area contributed by atoms with Crippen molar-refractivity contribution in [2.75, 3.05) is 7.11 Å². The van der Waals surface area contributed by atoms with Crippen LogP contribution in [-0.2, 0) is 6.42 Å². The predicted molar refractivity (Wildman–Crippen MR) is 86.5 cm³/mol. The molecule has 23 heavy (non-hydrogen) atoms. The lowest BCUT2D eigenvalue weighted by Crippen LogP contribution is -2.00. The summed E-state index contributed by atoms with van der Waals surface area (Å²) in [5.74, 6) is 0.942. The number of benzene rings is 1. The van der Waals surface area contributed by atoms with E-state index in [0.717, 1.165) is 27.9 Å². The molecule has 0 N–H and O–H groups in total. The van der Waals surface area contributed by atoms with Crippen molar-refractivity contribution < 1.29 is 9.15 Å². The molecule has 4 rings (SSSR count). The number of pyridine rings is 1. The van der Waals surface area contributed by atoms with Crippen LogP contribution in [0.1, 0.15) is 16.7 Å². The van der Waals surface area contributed by atoms with Gasteiger partial charge in [-0.15, -0.1) is 0 Å². The van der Waals surface area contributed by atoms with Gasteiger partial charge in [0.15, 0.2) is 0 Å². The zero-order chi connectivity index (χ0) is 16.0. The second-order valence-electron chi connectivity index (χ2n) is 5.27. The molecular weight excluding hydrogens is 312 g/mol. The van der Waals surface area contributed by atoms with E-state index < -0.39 is 0 Å². The summed E-state index contributed by atoms with van der Waals surface area (Å²) in [6.45, 7) is 0. The van der Waals surface area contributed by atoms with Gasteiger partial charge in [-0.1, -0.05) is 17.7 Å².